The van der Waals surface area contributed by atoms with Crippen LogP contribution in [0.4, 0.5) is 4.79 Å². The van der Waals surface area contributed by atoms with Gasteiger partial charge in [0.2, 0.25) is 0 Å². The summed E-state index contributed by atoms with van der Waals surface area (Å²) in [6.07, 6.45) is 1.99. The van der Waals surface area contributed by atoms with Crippen molar-refractivity contribution < 1.29 is 14.6 Å². The van der Waals surface area contributed by atoms with Crippen LogP contribution in [0.25, 0.3) is 0 Å². The molecule has 1 aliphatic rings. The molecule has 0 aliphatic carbocycles. The third kappa shape index (κ3) is 3.57. The third-order valence-corrected chi connectivity index (χ3v) is 2.21. The molecule has 70 valence electrons. The summed E-state index contributed by atoms with van der Waals surface area (Å²) in [7, 11) is 0. The molecule has 0 aromatic carbocycles. The van der Waals surface area contributed by atoms with Crippen LogP contribution in [0.2, 0.25) is 0 Å². The minimum atomic E-state index is -1.16. The molecular formula is C8H15NO3. The van der Waals surface area contributed by atoms with Gasteiger partial charge in [-0.1, -0.05) is 0 Å². The normalized spacial score (nSPS) is 19.0. The summed E-state index contributed by atoms with van der Waals surface area (Å²) in [4.78, 5) is 10.0. The minimum absolute atomic E-state index is 0.347. The Labute approximate surface area is 71.9 Å². The zero-order chi connectivity index (χ0) is 8.81. The van der Waals surface area contributed by atoms with E-state index in [4.69, 9.17) is 5.11 Å². The van der Waals surface area contributed by atoms with Crippen LogP contribution < -0.4 is 5.32 Å². The highest BCUT2D eigenvalue weighted by Crippen LogP contribution is 2.15. The molecular weight excluding hydrogens is 158 g/mol. The van der Waals surface area contributed by atoms with Gasteiger partial charge in [0.1, 0.15) is 0 Å². The average molecular weight is 173 g/mol. The lowest BCUT2D eigenvalue weighted by molar-refractivity contribution is 0.0845. The molecule has 12 heavy (non-hydrogen) atoms. The van der Waals surface area contributed by atoms with Crippen molar-refractivity contribution in [3.8, 4) is 0 Å². The maximum atomic E-state index is 10.0. The van der Waals surface area contributed by atoms with Gasteiger partial charge in [0.05, 0.1) is 6.61 Å². The van der Waals surface area contributed by atoms with Crippen LogP contribution >= 0.6 is 0 Å². The van der Waals surface area contributed by atoms with Gasteiger partial charge in [-0.05, 0) is 38.3 Å². The van der Waals surface area contributed by atoms with E-state index in [0.29, 0.717) is 12.5 Å². The van der Waals surface area contributed by atoms with E-state index in [0.717, 1.165) is 32.4 Å². The highest BCUT2D eigenvalue weighted by molar-refractivity contribution is 5.56. The van der Waals surface area contributed by atoms with Crippen molar-refractivity contribution in [2.24, 2.45) is 5.92 Å². The van der Waals surface area contributed by atoms with Crippen molar-refractivity contribution in [1.29, 1.82) is 0 Å². The molecule has 1 saturated heterocycles. The SMILES string of the molecule is O=C(O)OCCC1CCNCC1. The number of carbonyl (C=O) groups is 1. The summed E-state index contributed by atoms with van der Waals surface area (Å²) in [5.41, 5.74) is 0. The van der Waals surface area contributed by atoms with Gasteiger partial charge in [-0.3, -0.25) is 0 Å². The number of hydrogen-bond acceptors (Lipinski definition) is 3. The second-order valence-corrected chi connectivity index (χ2v) is 3.10. The molecule has 0 atom stereocenters. The van der Waals surface area contributed by atoms with E-state index in [1.54, 1.807) is 0 Å². The number of ether oxygens (including phenoxy) is 1. The lowest BCUT2D eigenvalue weighted by Gasteiger charge is -2.21. The Hall–Kier alpha value is -0.770. The second-order valence-electron chi connectivity index (χ2n) is 3.10. The first kappa shape index (κ1) is 9.32. The molecule has 1 fully saturated rings. The van der Waals surface area contributed by atoms with E-state index in [1.807, 2.05) is 0 Å². The maximum Gasteiger partial charge on any atom is 0.505 e. The zero-order valence-corrected chi connectivity index (χ0v) is 7.08. The predicted octanol–water partition coefficient (Wildman–Crippen LogP) is 1.07. The van der Waals surface area contributed by atoms with Crippen molar-refractivity contribution >= 4 is 6.16 Å². The Bertz CT molecular complexity index is 143. The predicted molar refractivity (Wildman–Crippen MR) is 44.2 cm³/mol. The van der Waals surface area contributed by atoms with Gasteiger partial charge in [0.25, 0.3) is 0 Å². The van der Waals surface area contributed by atoms with Crippen molar-refractivity contribution in [3.63, 3.8) is 0 Å². The van der Waals surface area contributed by atoms with E-state index >= 15 is 0 Å². The van der Waals surface area contributed by atoms with Crippen LogP contribution in [-0.4, -0.2) is 31.0 Å². The molecule has 0 unspecified atom stereocenters. The van der Waals surface area contributed by atoms with Gasteiger partial charge in [0, 0.05) is 0 Å². The lowest BCUT2D eigenvalue weighted by atomic mass is 9.95. The topological polar surface area (TPSA) is 58.6 Å². The molecule has 1 rings (SSSR count). The van der Waals surface area contributed by atoms with E-state index in [-0.39, 0.29) is 0 Å². The first-order valence-corrected chi connectivity index (χ1v) is 4.35. The number of nitrogens with one attached hydrogen (secondary N) is 1. The average Bonchev–Trinajstić information content (AvgIpc) is 2.05. The largest absolute Gasteiger partial charge is 0.505 e. The number of carboxylic acid groups (broad SMARTS) is 1. The van der Waals surface area contributed by atoms with E-state index < -0.39 is 6.16 Å². The molecule has 0 amide bonds. The first-order valence-electron chi connectivity index (χ1n) is 4.35. The molecule has 0 spiro atoms. The summed E-state index contributed by atoms with van der Waals surface area (Å²) in [6, 6.07) is 0. The fourth-order valence-electron chi connectivity index (χ4n) is 1.48. The molecule has 1 aliphatic heterocycles. The van der Waals surface area contributed by atoms with Crippen LogP contribution in [0.3, 0.4) is 0 Å². The highest BCUT2D eigenvalue weighted by atomic mass is 16.7. The van der Waals surface area contributed by atoms with E-state index in [2.05, 4.69) is 10.1 Å². The smallest absolute Gasteiger partial charge is 0.450 e. The Balaban J connectivity index is 2.01. The van der Waals surface area contributed by atoms with E-state index in [1.165, 1.54) is 0 Å². The molecule has 0 aromatic rings. The van der Waals surface area contributed by atoms with Gasteiger partial charge in [-0.15, -0.1) is 0 Å². The first-order chi connectivity index (χ1) is 5.79. The molecule has 4 nitrogen and oxygen atoms in total. The summed E-state index contributed by atoms with van der Waals surface area (Å²) in [5.74, 6) is 0.644. The summed E-state index contributed by atoms with van der Waals surface area (Å²) in [5, 5.41) is 11.5. The summed E-state index contributed by atoms with van der Waals surface area (Å²) < 4.78 is 4.44. The van der Waals surface area contributed by atoms with Crippen molar-refractivity contribution in [3.05, 3.63) is 0 Å². The van der Waals surface area contributed by atoms with Gasteiger partial charge in [-0.2, -0.15) is 0 Å². The molecule has 0 radical (unpaired) electrons. The molecule has 0 bridgehead atoms. The van der Waals surface area contributed by atoms with Crippen LogP contribution in [0.1, 0.15) is 19.3 Å². The van der Waals surface area contributed by atoms with Crippen LogP contribution in [0.15, 0.2) is 0 Å². The van der Waals surface area contributed by atoms with Crippen LogP contribution in [-0.2, 0) is 4.74 Å². The molecule has 4 heteroatoms. The Morgan fingerprint density at radius 1 is 1.50 bits per heavy atom. The standard InChI is InChI=1S/C8H15NO3/c10-8(11)12-6-3-7-1-4-9-5-2-7/h7,9H,1-6H2,(H,10,11). The monoisotopic (exact) mass is 173 g/mol. The molecule has 0 saturated carbocycles. The second kappa shape index (κ2) is 4.98. The number of hydrogen-bond donors (Lipinski definition) is 2. The van der Waals surface area contributed by atoms with Crippen molar-refractivity contribution in [2.75, 3.05) is 19.7 Å². The minimum Gasteiger partial charge on any atom is -0.450 e. The van der Waals surface area contributed by atoms with Crippen LogP contribution in [0.5, 0.6) is 0 Å². The van der Waals surface area contributed by atoms with Gasteiger partial charge < -0.3 is 15.2 Å². The quantitative estimate of drug-likeness (QED) is 0.627. The lowest BCUT2D eigenvalue weighted by Crippen LogP contribution is -2.28. The van der Waals surface area contributed by atoms with Gasteiger partial charge >= 0.3 is 6.16 Å². The fraction of sp³-hybridized carbons (Fsp3) is 0.875. The molecule has 0 aromatic heterocycles. The van der Waals surface area contributed by atoms with Crippen LogP contribution in [0, 0.1) is 5.92 Å². The van der Waals surface area contributed by atoms with Crippen molar-refractivity contribution in [2.45, 2.75) is 19.3 Å². The summed E-state index contributed by atoms with van der Waals surface area (Å²) >= 11 is 0. The van der Waals surface area contributed by atoms with Gasteiger partial charge in [-0.25, -0.2) is 4.79 Å². The van der Waals surface area contributed by atoms with E-state index in [9.17, 15) is 4.79 Å². The highest BCUT2D eigenvalue weighted by Gasteiger charge is 2.12. The third-order valence-electron chi connectivity index (χ3n) is 2.21. The number of piperidine rings is 1. The number of rotatable bonds is 3. The zero-order valence-electron chi connectivity index (χ0n) is 7.08. The molecule has 1 heterocycles. The Morgan fingerprint density at radius 3 is 2.75 bits per heavy atom. The Morgan fingerprint density at radius 2 is 2.17 bits per heavy atom. The summed E-state index contributed by atoms with van der Waals surface area (Å²) in [6.45, 7) is 2.45. The maximum absolute atomic E-state index is 10.0. The fourth-order valence-corrected chi connectivity index (χ4v) is 1.48. The Kier molecular flexibility index (Phi) is 3.87. The molecule has 2 N–H and O–H groups in total. The van der Waals surface area contributed by atoms with Gasteiger partial charge in [0.15, 0.2) is 0 Å². The van der Waals surface area contributed by atoms with Crippen molar-refractivity contribution in [1.82, 2.24) is 5.32 Å².